The predicted molar refractivity (Wildman–Crippen MR) is 121 cm³/mol. The van der Waals surface area contributed by atoms with E-state index in [1.54, 1.807) is 24.3 Å². The van der Waals surface area contributed by atoms with Crippen LogP contribution in [0.1, 0.15) is 33.5 Å². The van der Waals surface area contributed by atoms with Gasteiger partial charge in [-0.1, -0.05) is 30.3 Å². The Bertz CT molecular complexity index is 1250. The summed E-state index contributed by atoms with van der Waals surface area (Å²) in [4.78, 5) is 17.4. The van der Waals surface area contributed by atoms with E-state index >= 15 is 0 Å². The van der Waals surface area contributed by atoms with Crippen LogP contribution < -0.4 is 10.1 Å². The summed E-state index contributed by atoms with van der Waals surface area (Å²) in [6, 6.07) is 14.6. The summed E-state index contributed by atoms with van der Waals surface area (Å²) in [7, 11) is 0. The van der Waals surface area contributed by atoms with Gasteiger partial charge in [-0.2, -0.15) is 0 Å². The first-order valence-corrected chi connectivity index (χ1v) is 10.5. The average Bonchev–Trinajstić information content (AvgIpc) is 3.25. The minimum Gasteiger partial charge on any atom is -0.491 e. The van der Waals surface area contributed by atoms with Gasteiger partial charge in [0.25, 0.3) is 12.3 Å². The lowest BCUT2D eigenvalue weighted by molar-refractivity contribution is 0.0536. The van der Waals surface area contributed by atoms with Crippen molar-refractivity contribution < 1.29 is 32.9 Å². The molecule has 0 radical (unpaired) electrons. The lowest BCUT2D eigenvalue weighted by atomic mass is 9.98. The number of aliphatic imine (C=N–C) groups is 1. The van der Waals surface area contributed by atoms with Crippen molar-refractivity contribution in [2.45, 2.75) is 19.0 Å². The molecule has 0 bridgehead atoms. The number of ether oxygens (including phenoxy) is 1. The Kier molecular flexibility index (Phi) is 6.95. The first-order valence-electron chi connectivity index (χ1n) is 10.5. The van der Waals surface area contributed by atoms with E-state index in [2.05, 4.69) is 10.3 Å². The van der Waals surface area contributed by atoms with E-state index in [1.165, 1.54) is 30.3 Å². The number of carbonyl (C=O) groups is 1. The number of amides is 1. The molecule has 34 heavy (non-hydrogen) atoms. The van der Waals surface area contributed by atoms with E-state index in [4.69, 9.17) is 9.84 Å². The SMILES string of the molecule is O=C(Nc1cccc(OC[C@H](O)CO)c1)c1cc(F)cc2c1N=C(c1ccccc1C(F)F)C2. The third-order valence-electron chi connectivity index (χ3n) is 5.25. The topological polar surface area (TPSA) is 91.2 Å². The highest BCUT2D eigenvalue weighted by Gasteiger charge is 2.26. The predicted octanol–water partition coefficient (Wildman–Crippen LogP) is 4.42. The second-order valence-electron chi connectivity index (χ2n) is 7.71. The van der Waals surface area contributed by atoms with Gasteiger partial charge in [-0.25, -0.2) is 13.2 Å². The summed E-state index contributed by atoms with van der Waals surface area (Å²) in [5.41, 5.74) is 1.41. The molecule has 0 fully saturated rings. The van der Waals surface area contributed by atoms with Crippen molar-refractivity contribution in [3.8, 4) is 5.75 Å². The van der Waals surface area contributed by atoms with Crippen molar-refractivity contribution in [1.29, 1.82) is 0 Å². The van der Waals surface area contributed by atoms with Gasteiger partial charge in [0.05, 0.1) is 23.6 Å². The molecule has 0 saturated heterocycles. The Morgan fingerprint density at radius 1 is 1.12 bits per heavy atom. The Hall–Kier alpha value is -3.69. The Morgan fingerprint density at radius 2 is 1.91 bits per heavy atom. The smallest absolute Gasteiger partial charge is 0.264 e. The number of aliphatic hydroxyl groups excluding tert-OH is 2. The van der Waals surface area contributed by atoms with Crippen LogP contribution in [0, 0.1) is 5.82 Å². The quantitative estimate of drug-likeness (QED) is 0.455. The maximum Gasteiger partial charge on any atom is 0.264 e. The van der Waals surface area contributed by atoms with Gasteiger partial charge in [-0.05, 0) is 29.8 Å². The van der Waals surface area contributed by atoms with Crippen LogP contribution in [-0.4, -0.2) is 41.1 Å². The van der Waals surface area contributed by atoms with Crippen LogP contribution in [-0.2, 0) is 6.42 Å². The van der Waals surface area contributed by atoms with Crippen LogP contribution in [0.2, 0.25) is 0 Å². The highest BCUT2D eigenvalue weighted by molar-refractivity contribution is 6.13. The first-order chi connectivity index (χ1) is 16.4. The van der Waals surface area contributed by atoms with E-state index in [-0.39, 0.29) is 35.4 Å². The third kappa shape index (κ3) is 5.11. The van der Waals surface area contributed by atoms with Crippen molar-refractivity contribution in [3.05, 3.63) is 88.7 Å². The van der Waals surface area contributed by atoms with Gasteiger partial charge in [0.2, 0.25) is 0 Å². The average molecular weight is 470 g/mol. The standard InChI is InChI=1S/C25H21F3N2O4/c26-15-8-14-9-22(19-6-1-2-7-20(19)24(27)28)30-23(14)21(10-15)25(33)29-16-4-3-5-18(11-16)34-13-17(32)12-31/h1-8,10-11,17,24,31-32H,9,12-13H2,(H,29,33)/t17-/m1/s1. The lowest BCUT2D eigenvalue weighted by Gasteiger charge is -2.12. The van der Waals surface area contributed by atoms with Gasteiger partial charge in [0.15, 0.2) is 0 Å². The summed E-state index contributed by atoms with van der Waals surface area (Å²) >= 11 is 0. The molecule has 4 rings (SSSR count). The van der Waals surface area contributed by atoms with Crippen molar-refractivity contribution in [2.24, 2.45) is 4.99 Å². The van der Waals surface area contributed by atoms with E-state index < -0.39 is 30.9 Å². The number of aliphatic hydroxyl groups is 2. The number of benzene rings is 3. The Labute approximate surface area is 193 Å². The zero-order valence-corrected chi connectivity index (χ0v) is 17.8. The van der Waals surface area contributed by atoms with Crippen LogP contribution in [0.5, 0.6) is 5.75 Å². The molecule has 1 aliphatic rings. The van der Waals surface area contributed by atoms with Crippen LogP contribution in [0.15, 0.2) is 65.7 Å². The van der Waals surface area contributed by atoms with E-state index in [9.17, 15) is 23.1 Å². The number of carbonyl (C=O) groups excluding carboxylic acids is 1. The molecular formula is C25H21F3N2O4. The van der Waals surface area contributed by atoms with E-state index in [0.29, 0.717) is 22.7 Å². The Morgan fingerprint density at radius 3 is 2.68 bits per heavy atom. The van der Waals surface area contributed by atoms with E-state index in [0.717, 1.165) is 6.07 Å². The van der Waals surface area contributed by atoms with Gasteiger partial charge in [0.1, 0.15) is 24.3 Å². The maximum atomic E-state index is 14.3. The number of fused-ring (bicyclic) bond motifs is 1. The van der Waals surface area contributed by atoms with Gasteiger partial charge >= 0.3 is 0 Å². The molecule has 1 amide bonds. The molecule has 3 N–H and O–H groups in total. The number of alkyl halides is 2. The number of hydrogen-bond acceptors (Lipinski definition) is 5. The molecular weight excluding hydrogens is 449 g/mol. The molecule has 0 spiro atoms. The lowest BCUT2D eigenvalue weighted by Crippen LogP contribution is -2.21. The van der Waals surface area contributed by atoms with Crippen LogP contribution >= 0.6 is 0 Å². The second-order valence-corrected chi connectivity index (χ2v) is 7.71. The number of nitrogens with zero attached hydrogens (tertiary/aromatic N) is 1. The molecule has 0 aromatic heterocycles. The molecule has 6 nitrogen and oxygen atoms in total. The maximum absolute atomic E-state index is 14.3. The van der Waals surface area contributed by atoms with Crippen molar-refractivity contribution >= 4 is 23.0 Å². The zero-order chi connectivity index (χ0) is 24.2. The highest BCUT2D eigenvalue weighted by Crippen LogP contribution is 2.36. The van der Waals surface area contributed by atoms with Gasteiger partial charge < -0.3 is 20.3 Å². The van der Waals surface area contributed by atoms with Gasteiger partial charge in [-0.3, -0.25) is 9.79 Å². The molecule has 0 aliphatic carbocycles. The Balaban J connectivity index is 1.60. The zero-order valence-electron chi connectivity index (χ0n) is 17.8. The number of anilines is 1. The molecule has 176 valence electrons. The number of nitrogens with one attached hydrogen (secondary N) is 1. The molecule has 9 heteroatoms. The van der Waals surface area contributed by atoms with Gasteiger partial charge in [-0.15, -0.1) is 0 Å². The molecule has 3 aromatic rings. The summed E-state index contributed by atoms with van der Waals surface area (Å²) < 4.78 is 46.6. The second kappa shape index (κ2) is 10.1. The minimum atomic E-state index is -2.70. The number of rotatable bonds is 8. The summed E-state index contributed by atoms with van der Waals surface area (Å²) in [6.45, 7) is -0.589. The number of halogens is 3. The highest BCUT2D eigenvalue weighted by atomic mass is 19.3. The van der Waals surface area contributed by atoms with E-state index in [1.807, 2.05) is 0 Å². The summed E-state index contributed by atoms with van der Waals surface area (Å²) in [6.07, 6.45) is -3.63. The fourth-order valence-corrected chi connectivity index (χ4v) is 3.66. The molecule has 3 aromatic carbocycles. The first kappa shape index (κ1) is 23.5. The van der Waals surface area contributed by atoms with Crippen LogP contribution in [0.25, 0.3) is 0 Å². The van der Waals surface area contributed by atoms with Crippen LogP contribution in [0.3, 0.4) is 0 Å². The third-order valence-corrected chi connectivity index (χ3v) is 5.25. The fourth-order valence-electron chi connectivity index (χ4n) is 3.66. The number of hydrogen-bond donors (Lipinski definition) is 3. The molecule has 1 aliphatic heterocycles. The normalized spacial score (nSPS) is 13.4. The molecule has 1 atom stereocenters. The summed E-state index contributed by atoms with van der Waals surface area (Å²) in [5.74, 6) is -0.924. The van der Waals surface area contributed by atoms with Crippen LogP contribution in [0.4, 0.5) is 24.5 Å². The fraction of sp³-hybridized carbons (Fsp3) is 0.200. The molecule has 0 unspecified atom stereocenters. The largest absolute Gasteiger partial charge is 0.491 e. The molecule has 1 heterocycles. The van der Waals surface area contributed by atoms with Crippen molar-refractivity contribution in [1.82, 2.24) is 0 Å². The van der Waals surface area contributed by atoms with Gasteiger partial charge in [0, 0.05) is 29.3 Å². The van der Waals surface area contributed by atoms with Crippen molar-refractivity contribution in [2.75, 3.05) is 18.5 Å². The monoisotopic (exact) mass is 470 g/mol. The summed E-state index contributed by atoms with van der Waals surface area (Å²) in [5, 5.41) is 20.9. The minimum absolute atomic E-state index is 0.0263. The van der Waals surface area contributed by atoms with Crippen molar-refractivity contribution in [3.63, 3.8) is 0 Å². The molecule has 0 saturated carbocycles.